The van der Waals surface area contributed by atoms with Gasteiger partial charge >= 0.3 is 0 Å². The van der Waals surface area contributed by atoms with Crippen molar-refractivity contribution < 1.29 is 4.42 Å². The van der Waals surface area contributed by atoms with Crippen molar-refractivity contribution in [3.63, 3.8) is 0 Å². The Morgan fingerprint density at radius 3 is 1.68 bits per heavy atom. The van der Waals surface area contributed by atoms with E-state index in [1.54, 1.807) is 0 Å². The summed E-state index contributed by atoms with van der Waals surface area (Å²) in [6.45, 7) is 4.74. The molecule has 57 heavy (non-hydrogen) atoms. The summed E-state index contributed by atoms with van der Waals surface area (Å²) in [5.74, 6) is 0. The van der Waals surface area contributed by atoms with Gasteiger partial charge in [0.1, 0.15) is 11.2 Å². The average molecular weight is 730 g/mol. The molecule has 0 aliphatic heterocycles. The van der Waals surface area contributed by atoms with Gasteiger partial charge < -0.3 is 9.32 Å². The lowest BCUT2D eigenvalue weighted by Crippen LogP contribution is -2.15. The third-order valence-corrected chi connectivity index (χ3v) is 12.0. The normalized spacial score (nSPS) is 12.9. The van der Waals surface area contributed by atoms with Crippen LogP contribution in [0.5, 0.6) is 0 Å². The van der Waals surface area contributed by atoms with E-state index in [0.717, 1.165) is 39.0 Å². The highest BCUT2D eigenvalue weighted by Crippen LogP contribution is 2.58. The minimum atomic E-state index is -0.222. The fourth-order valence-corrected chi connectivity index (χ4v) is 9.39. The largest absolute Gasteiger partial charge is 0.455 e. The van der Waals surface area contributed by atoms with Gasteiger partial charge in [-0.15, -0.1) is 0 Å². The Kier molecular flexibility index (Phi) is 7.55. The van der Waals surface area contributed by atoms with Crippen molar-refractivity contribution in [2.45, 2.75) is 19.3 Å². The summed E-state index contributed by atoms with van der Waals surface area (Å²) in [5, 5.41) is 4.76. The summed E-state index contributed by atoms with van der Waals surface area (Å²) < 4.78 is 7.11. The molecular weight excluding hydrogens is 691 g/mol. The predicted molar refractivity (Wildman–Crippen MR) is 240 cm³/mol. The molecule has 0 unspecified atom stereocenters. The highest BCUT2D eigenvalue weighted by Gasteiger charge is 2.41. The molecule has 0 radical (unpaired) electrons. The summed E-state index contributed by atoms with van der Waals surface area (Å²) in [6.07, 6.45) is 0. The first-order valence-electron chi connectivity index (χ1n) is 19.8. The molecule has 0 N–H and O–H groups in total. The van der Waals surface area contributed by atoms with Crippen LogP contribution in [-0.2, 0) is 5.41 Å². The zero-order chi connectivity index (χ0) is 38.1. The van der Waals surface area contributed by atoms with E-state index >= 15 is 0 Å². The Bertz CT molecular complexity index is 3120. The molecule has 9 aromatic carbocycles. The number of hydrogen-bond acceptors (Lipinski definition) is 2. The van der Waals surface area contributed by atoms with Gasteiger partial charge in [-0.25, -0.2) is 0 Å². The van der Waals surface area contributed by atoms with Crippen LogP contribution in [-0.4, -0.2) is 0 Å². The Morgan fingerprint density at radius 2 is 0.965 bits per heavy atom. The van der Waals surface area contributed by atoms with E-state index < -0.39 is 0 Å². The molecule has 270 valence electrons. The summed E-state index contributed by atoms with van der Waals surface area (Å²) in [7, 11) is 0. The standard InChI is InChI=1S/C55H39NO/c1-55(2)48-27-15-26-44(39-20-10-5-11-21-39)51(48)52-53(55)46-25-13-12-24-45(46)50-47-35-43(32-33-49(47)57-54(50)52)56(41-30-28-38(29-31-41)36-16-6-3-7-17-36)42-23-14-22-40(34-42)37-18-8-4-9-19-37/h3-35H,1-2H3. The quantitative estimate of drug-likeness (QED) is 0.169. The molecule has 10 aromatic rings. The fraction of sp³-hybridized carbons (Fsp3) is 0.0545. The minimum absolute atomic E-state index is 0.222. The molecule has 0 saturated carbocycles. The van der Waals surface area contributed by atoms with Crippen molar-refractivity contribution in [2.24, 2.45) is 0 Å². The predicted octanol–water partition coefficient (Wildman–Crippen LogP) is 15.5. The molecule has 2 heteroatoms. The van der Waals surface area contributed by atoms with E-state index in [2.05, 4.69) is 219 Å². The Labute approximate surface area is 332 Å². The highest BCUT2D eigenvalue weighted by atomic mass is 16.3. The van der Waals surface area contributed by atoms with E-state index in [0.29, 0.717) is 0 Å². The summed E-state index contributed by atoms with van der Waals surface area (Å²) in [5.41, 5.74) is 17.2. The van der Waals surface area contributed by atoms with Gasteiger partial charge in [0.2, 0.25) is 0 Å². The van der Waals surface area contributed by atoms with E-state index in [1.165, 1.54) is 66.4 Å². The lowest BCUT2D eigenvalue weighted by molar-refractivity contribution is 0.658. The number of anilines is 3. The van der Waals surface area contributed by atoms with E-state index in [9.17, 15) is 0 Å². The van der Waals surface area contributed by atoms with Crippen molar-refractivity contribution in [3.05, 3.63) is 211 Å². The molecule has 1 heterocycles. The number of benzene rings is 9. The first kappa shape index (κ1) is 33.2. The molecule has 0 atom stereocenters. The van der Waals surface area contributed by atoms with E-state index in [-0.39, 0.29) is 5.41 Å². The van der Waals surface area contributed by atoms with Crippen LogP contribution in [0, 0.1) is 0 Å². The molecule has 2 nitrogen and oxygen atoms in total. The smallest absolute Gasteiger partial charge is 0.144 e. The van der Waals surface area contributed by atoms with Gasteiger partial charge in [0.05, 0.1) is 0 Å². The molecule has 11 rings (SSSR count). The van der Waals surface area contributed by atoms with E-state index in [4.69, 9.17) is 4.42 Å². The molecule has 0 bridgehead atoms. The molecule has 0 fully saturated rings. The average Bonchev–Trinajstić information content (AvgIpc) is 3.77. The molecule has 0 spiro atoms. The van der Waals surface area contributed by atoms with Crippen LogP contribution in [0.25, 0.3) is 77.2 Å². The van der Waals surface area contributed by atoms with Gasteiger partial charge in [0, 0.05) is 38.8 Å². The third kappa shape index (κ3) is 5.25. The zero-order valence-corrected chi connectivity index (χ0v) is 31.9. The van der Waals surface area contributed by atoms with Crippen LogP contribution in [0.3, 0.4) is 0 Å². The second kappa shape index (κ2) is 13.0. The molecular formula is C55H39NO. The van der Waals surface area contributed by atoms with Crippen LogP contribution in [0.4, 0.5) is 17.1 Å². The lowest BCUT2D eigenvalue weighted by atomic mass is 9.79. The van der Waals surface area contributed by atoms with Crippen molar-refractivity contribution in [1.29, 1.82) is 0 Å². The number of furan rings is 1. The first-order chi connectivity index (χ1) is 28.0. The second-order valence-corrected chi connectivity index (χ2v) is 15.7. The van der Waals surface area contributed by atoms with Crippen LogP contribution in [0.1, 0.15) is 25.0 Å². The Hall–Kier alpha value is -7.16. The molecule has 0 saturated heterocycles. The fourth-order valence-electron chi connectivity index (χ4n) is 9.39. The molecule has 1 aromatic heterocycles. The lowest BCUT2D eigenvalue weighted by Gasteiger charge is -2.26. The number of nitrogens with zero attached hydrogens (tertiary/aromatic N) is 1. The van der Waals surface area contributed by atoms with Crippen LogP contribution in [0.15, 0.2) is 205 Å². The van der Waals surface area contributed by atoms with Crippen LogP contribution < -0.4 is 4.90 Å². The van der Waals surface area contributed by atoms with E-state index in [1.807, 2.05) is 0 Å². The third-order valence-electron chi connectivity index (χ3n) is 12.0. The van der Waals surface area contributed by atoms with Crippen molar-refractivity contribution in [2.75, 3.05) is 4.90 Å². The maximum Gasteiger partial charge on any atom is 0.144 e. The van der Waals surface area contributed by atoms with Gasteiger partial charge in [0.25, 0.3) is 0 Å². The van der Waals surface area contributed by atoms with Gasteiger partial charge in [0.15, 0.2) is 0 Å². The number of fused-ring (bicyclic) bond motifs is 10. The molecule has 0 amide bonds. The molecule has 1 aliphatic carbocycles. The molecule has 1 aliphatic rings. The Morgan fingerprint density at radius 1 is 0.404 bits per heavy atom. The monoisotopic (exact) mass is 729 g/mol. The zero-order valence-electron chi connectivity index (χ0n) is 31.9. The Balaban J connectivity index is 1.16. The summed E-state index contributed by atoms with van der Waals surface area (Å²) in [4.78, 5) is 2.38. The second-order valence-electron chi connectivity index (χ2n) is 15.7. The maximum atomic E-state index is 7.11. The van der Waals surface area contributed by atoms with Gasteiger partial charge in [-0.2, -0.15) is 0 Å². The van der Waals surface area contributed by atoms with Crippen molar-refractivity contribution >= 4 is 49.8 Å². The van der Waals surface area contributed by atoms with Crippen molar-refractivity contribution in [1.82, 2.24) is 0 Å². The van der Waals surface area contributed by atoms with Gasteiger partial charge in [-0.3, -0.25) is 0 Å². The highest BCUT2D eigenvalue weighted by molar-refractivity contribution is 6.26. The van der Waals surface area contributed by atoms with Gasteiger partial charge in [-0.05, 0) is 103 Å². The van der Waals surface area contributed by atoms with Crippen LogP contribution >= 0.6 is 0 Å². The number of rotatable bonds is 6. The SMILES string of the molecule is CC1(C)c2cccc(-c3ccccc3)c2-c2c1c1ccccc1c1c2oc2ccc(N(c3ccc(-c4ccccc4)cc3)c3cccc(-c4ccccc4)c3)cc21. The summed E-state index contributed by atoms with van der Waals surface area (Å²) >= 11 is 0. The maximum absolute atomic E-state index is 7.11. The summed E-state index contributed by atoms with van der Waals surface area (Å²) in [6, 6.07) is 72.2. The number of hydrogen-bond donors (Lipinski definition) is 0. The van der Waals surface area contributed by atoms with Crippen molar-refractivity contribution in [3.8, 4) is 44.5 Å². The first-order valence-corrected chi connectivity index (χ1v) is 19.8. The van der Waals surface area contributed by atoms with Crippen LogP contribution in [0.2, 0.25) is 0 Å². The topological polar surface area (TPSA) is 16.4 Å². The minimum Gasteiger partial charge on any atom is -0.455 e. The van der Waals surface area contributed by atoms with Gasteiger partial charge in [-0.1, -0.05) is 172 Å².